The van der Waals surface area contributed by atoms with E-state index >= 15 is 0 Å². The molecule has 1 aromatic heterocycles. The first-order chi connectivity index (χ1) is 14.5. The summed E-state index contributed by atoms with van der Waals surface area (Å²) in [6.07, 6.45) is 0. The third-order valence-corrected chi connectivity index (χ3v) is 4.62. The zero-order chi connectivity index (χ0) is 21.1. The number of benzene rings is 3. The van der Waals surface area contributed by atoms with Gasteiger partial charge in [0.1, 0.15) is 5.75 Å². The van der Waals surface area contributed by atoms with Crippen molar-refractivity contribution in [1.29, 1.82) is 0 Å². The third kappa shape index (κ3) is 4.04. The van der Waals surface area contributed by atoms with E-state index in [1.165, 1.54) is 0 Å². The van der Waals surface area contributed by atoms with Gasteiger partial charge in [-0.2, -0.15) is 0 Å². The number of aromatic nitrogens is 1. The van der Waals surface area contributed by atoms with Gasteiger partial charge in [-0.25, -0.2) is 9.78 Å². The Bertz CT molecular complexity index is 1300. The Labute approximate surface area is 177 Å². The maximum atomic E-state index is 12.8. The summed E-state index contributed by atoms with van der Waals surface area (Å²) in [6, 6.07) is 18.7. The molecule has 3 aromatic carbocycles. The monoisotopic (exact) mass is 420 g/mol. The number of anilines is 1. The molecular formula is C23H17ClN2O4. The minimum absolute atomic E-state index is 0.174. The topological polar surface area (TPSA) is 81.4 Å². The molecule has 0 unspecified atom stereocenters. The number of nitrogens with one attached hydrogen (secondary N) is 1. The number of nitrogens with zero attached hydrogens (tertiary/aromatic N) is 1. The highest BCUT2D eigenvalue weighted by atomic mass is 35.5. The molecule has 1 amide bonds. The lowest BCUT2D eigenvalue weighted by molar-refractivity contribution is 0.102. The van der Waals surface area contributed by atoms with Gasteiger partial charge in [-0.1, -0.05) is 29.8 Å². The first-order valence-corrected chi connectivity index (χ1v) is 9.67. The van der Waals surface area contributed by atoms with E-state index in [4.69, 9.17) is 20.8 Å². The van der Waals surface area contributed by atoms with Gasteiger partial charge in [0.15, 0.2) is 0 Å². The summed E-state index contributed by atoms with van der Waals surface area (Å²) >= 11 is 6.05. The minimum Gasteiger partial charge on any atom is -0.493 e. The summed E-state index contributed by atoms with van der Waals surface area (Å²) in [4.78, 5) is 29.5. The molecule has 1 N–H and O–H groups in total. The van der Waals surface area contributed by atoms with Crippen molar-refractivity contribution in [2.24, 2.45) is 0 Å². The number of ether oxygens (including phenoxy) is 1. The molecular weight excluding hydrogens is 404 g/mol. The largest absolute Gasteiger partial charge is 0.493 e. The van der Waals surface area contributed by atoms with Gasteiger partial charge in [0.2, 0.25) is 5.89 Å². The highest BCUT2D eigenvalue weighted by Gasteiger charge is 2.15. The quantitative estimate of drug-likeness (QED) is 0.482. The van der Waals surface area contributed by atoms with Gasteiger partial charge in [0.25, 0.3) is 5.91 Å². The van der Waals surface area contributed by atoms with Gasteiger partial charge in [-0.15, -0.1) is 0 Å². The Morgan fingerprint density at radius 3 is 2.77 bits per heavy atom. The first kappa shape index (κ1) is 19.7. The summed E-state index contributed by atoms with van der Waals surface area (Å²) in [5.41, 5.74) is 1.47. The molecule has 0 saturated heterocycles. The van der Waals surface area contributed by atoms with Gasteiger partial charge in [0.05, 0.1) is 23.1 Å². The van der Waals surface area contributed by atoms with Crippen LogP contribution in [-0.4, -0.2) is 17.5 Å². The Morgan fingerprint density at radius 2 is 1.93 bits per heavy atom. The normalized spacial score (nSPS) is 10.7. The highest BCUT2D eigenvalue weighted by molar-refractivity contribution is 6.31. The van der Waals surface area contributed by atoms with Crippen molar-refractivity contribution in [2.45, 2.75) is 6.92 Å². The lowest BCUT2D eigenvalue weighted by Crippen LogP contribution is -2.14. The van der Waals surface area contributed by atoms with Gasteiger partial charge in [0, 0.05) is 16.3 Å². The molecule has 0 fully saturated rings. The first-order valence-electron chi connectivity index (χ1n) is 9.29. The summed E-state index contributed by atoms with van der Waals surface area (Å²) in [5.74, 6) is 0.247. The van der Waals surface area contributed by atoms with Crippen LogP contribution >= 0.6 is 11.6 Å². The molecule has 0 saturated carbocycles. The average Bonchev–Trinajstić information content (AvgIpc) is 2.75. The summed E-state index contributed by atoms with van der Waals surface area (Å²) in [5, 5.41) is 3.66. The van der Waals surface area contributed by atoms with Crippen LogP contribution < -0.4 is 15.7 Å². The smallest absolute Gasteiger partial charge is 0.347 e. The number of amides is 1. The second kappa shape index (κ2) is 8.39. The molecule has 0 aliphatic heterocycles. The van der Waals surface area contributed by atoms with Crippen molar-refractivity contribution >= 4 is 34.1 Å². The predicted molar refractivity (Wildman–Crippen MR) is 116 cm³/mol. The molecule has 7 heteroatoms. The number of hydrogen-bond donors (Lipinski definition) is 1. The number of fused-ring (bicyclic) bond motifs is 1. The molecule has 30 heavy (non-hydrogen) atoms. The van der Waals surface area contributed by atoms with Crippen LogP contribution in [-0.2, 0) is 0 Å². The van der Waals surface area contributed by atoms with Crippen LogP contribution in [0.2, 0.25) is 5.02 Å². The highest BCUT2D eigenvalue weighted by Crippen LogP contribution is 2.26. The van der Waals surface area contributed by atoms with E-state index in [0.717, 1.165) is 0 Å². The van der Waals surface area contributed by atoms with Crippen molar-refractivity contribution in [3.63, 3.8) is 0 Å². The Morgan fingerprint density at radius 1 is 1.10 bits per heavy atom. The second-order valence-electron chi connectivity index (χ2n) is 6.43. The van der Waals surface area contributed by atoms with Crippen molar-refractivity contribution in [3.8, 4) is 17.2 Å². The SMILES string of the molecule is CCOc1ccc(Cl)cc1C(=O)Nc1cccc(-c2nc3ccccc3c(=O)o2)c1. The summed E-state index contributed by atoms with van der Waals surface area (Å²) in [7, 11) is 0. The fourth-order valence-electron chi connectivity index (χ4n) is 3.03. The van der Waals surface area contributed by atoms with E-state index in [1.54, 1.807) is 66.7 Å². The summed E-state index contributed by atoms with van der Waals surface area (Å²) < 4.78 is 10.9. The number of halogens is 1. The van der Waals surface area contributed by atoms with Crippen molar-refractivity contribution in [1.82, 2.24) is 4.98 Å². The zero-order valence-electron chi connectivity index (χ0n) is 16.0. The Kier molecular flexibility index (Phi) is 5.50. The molecule has 4 aromatic rings. The molecule has 0 aliphatic carbocycles. The van der Waals surface area contributed by atoms with Gasteiger partial charge < -0.3 is 14.5 Å². The van der Waals surface area contributed by atoms with Gasteiger partial charge >= 0.3 is 5.63 Å². The van der Waals surface area contributed by atoms with E-state index in [-0.39, 0.29) is 11.8 Å². The summed E-state index contributed by atoms with van der Waals surface area (Å²) in [6.45, 7) is 2.26. The van der Waals surface area contributed by atoms with Gasteiger partial charge in [-0.05, 0) is 55.5 Å². The fraction of sp³-hybridized carbons (Fsp3) is 0.0870. The maximum Gasteiger partial charge on any atom is 0.347 e. The zero-order valence-corrected chi connectivity index (χ0v) is 16.8. The van der Waals surface area contributed by atoms with E-state index in [2.05, 4.69) is 10.3 Å². The van der Waals surface area contributed by atoms with E-state index < -0.39 is 5.63 Å². The molecule has 0 bridgehead atoms. The fourth-order valence-corrected chi connectivity index (χ4v) is 3.20. The average molecular weight is 421 g/mol. The number of rotatable bonds is 5. The van der Waals surface area contributed by atoms with Crippen molar-refractivity contribution < 1.29 is 13.9 Å². The molecule has 150 valence electrons. The van der Waals surface area contributed by atoms with Crippen LogP contribution in [0.25, 0.3) is 22.4 Å². The molecule has 0 radical (unpaired) electrons. The Balaban J connectivity index is 1.66. The molecule has 1 heterocycles. The van der Waals surface area contributed by atoms with Crippen molar-refractivity contribution in [2.75, 3.05) is 11.9 Å². The predicted octanol–water partition coefficient (Wildman–Crippen LogP) is 5.16. The molecule has 0 spiro atoms. The number of hydrogen-bond acceptors (Lipinski definition) is 5. The molecule has 6 nitrogen and oxygen atoms in total. The van der Waals surface area contributed by atoms with Gasteiger partial charge in [-0.3, -0.25) is 4.79 Å². The third-order valence-electron chi connectivity index (χ3n) is 4.39. The maximum absolute atomic E-state index is 12.8. The van der Waals surface area contributed by atoms with Crippen LogP contribution in [0.15, 0.2) is 75.9 Å². The lowest BCUT2D eigenvalue weighted by Gasteiger charge is -2.11. The van der Waals surface area contributed by atoms with Crippen molar-refractivity contribution in [3.05, 3.63) is 87.7 Å². The van der Waals surface area contributed by atoms with Crippen LogP contribution in [0, 0.1) is 0 Å². The number of carbonyl (C=O) groups is 1. The van der Waals surface area contributed by atoms with E-state index in [0.29, 0.717) is 45.1 Å². The second-order valence-corrected chi connectivity index (χ2v) is 6.87. The van der Waals surface area contributed by atoms with Crippen LogP contribution in [0.3, 0.4) is 0 Å². The molecule has 4 rings (SSSR count). The number of carbonyl (C=O) groups excluding carboxylic acids is 1. The van der Waals surface area contributed by atoms with Crippen LogP contribution in [0.4, 0.5) is 5.69 Å². The van der Waals surface area contributed by atoms with Crippen LogP contribution in [0.1, 0.15) is 17.3 Å². The van der Waals surface area contributed by atoms with E-state index in [9.17, 15) is 9.59 Å². The minimum atomic E-state index is -0.467. The Hall–Kier alpha value is -3.64. The number of para-hydroxylation sites is 1. The van der Waals surface area contributed by atoms with E-state index in [1.807, 2.05) is 6.92 Å². The standard InChI is InChI=1S/C23H17ClN2O4/c1-2-29-20-11-10-15(24)13-18(20)21(27)25-16-7-5-6-14(12-16)22-26-19-9-4-3-8-17(19)23(28)30-22/h3-13H,2H2,1H3,(H,25,27). The molecule has 0 atom stereocenters. The lowest BCUT2D eigenvalue weighted by atomic mass is 10.1. The van der Waals surface area contributed by atoms with Crippen LogP contribution in [0.5, 0.6) is 5.75 Å². The molecule has 0 aliphatic rings.